The Kier molecular flexibility index (Phi) is 14.8. The predicted octanol–water partition coefficient (Wildman–Crippen LogP) is 3.80. The highest BCUT2D eigenvalue weighted by Crippen LogP contribution is 2.43. The number of methoxy groups -OCH3 is 1. The molecule has 66 heavy (non-hydrogen) atoms. The standard InChI is InChI=1S/C44H52N10O11S/c1-9-12-36(46-24(2)3)50-41(57)38-49-37(23-52(38)7)51-65-35-21-32-31(20-34(35)63-8)42(58)53-22-28-14-11-10-13-27(28)19-33(53)43(66(60,61)62)54(32)44(59)64-30-17-15-29(16-18-30)48-40(56)26(5)47-39(55)25(4)45-6/h9-18,20-21,23-26,33,43,45,51H,19,22H2,1-8H3,(H,47,55)(H,48,56)(H,46,50,57)(H,60,61,62)/b12-9-/t25-,26-,33+,43?/m1/s1. The number of amidine groups is 1. The molecule has 2 aliphatic heterocycles. The number of aliphatic imine (C=N–C) groups is 1. The van der Waals surface area contributed by atoms with Crippen LogP contribution in [-0.2, 0) is 39.7 Å². The SMILES string of the molecule is C/C=C\C(=N/C(C)C)NC(=O)c1nc(NOc2cc3c(cc2OC)C(=O)N2Cc4ccccc4C[C@H]2C(S(=O)(=O)O)N3C(=O)Oc2ccc(NC(=O)[C@@H](C)NC(=O)[C@@H](C)NC)cc2)cn1C. The average molecular weight is 929 g/mol. The van der Waals surface area contributed by atoms with E-state index in [1.807, 2.05) is 13.8 Å². The molecule has 0 spiro atoms. The van der Waals surface area contributed by atoms with Crippen molar-refractivity contribution in [3.05, 3.63) is 102 Å². The van der Waals surface area contributed by atoms with Crippen LogP contribution in [0.3, 0.4) is 0 Å². The first kappa shape index (κ1) is 48.2. The van der Waals surface area contributed by atoms with Crippen molar-refractivity contribution in [3.8, 4) is 17.2 Å². The number of hydrogen-bond donors (Lipinski definition) is 6. The fourth-order valence-electron chi connectivity index (χ4n) is 7.28. The van der Waals surface area contributed by atoms with Crippen molar-refractivity contribution in [2.24, 2.45) is 12.0 Å². The Labute approximate surface area is 381 Å². The van der Waals surface area contributed by atoms with Gasteiger partial charge in [-0.2, -0.15) is 8.42 Å². The average Bonchev–Trinajstić information content (AvgIpc) is 3.61. The number of carbonyl (C=O) groups excluding carboxylic acids is 5. The van der Waals surface area contributed by atoms with E-state index in [1.165, 1.54) is 66.1 Å². The van der Waals surface area contributed by atoms with Gasteiger partial charge in [0.1, 0.15) is 17.6 Å². The lowest BCUT2D eigenvalue weighted by Gasteiger charge is -2.40. The Balaban J connectivity index is 1.35. The van der Waals surface area contributed by atoms with Gasteiger partial charge in [0.2, 0.25) is 17.6 Å². The van der Waals surface area contributed by atoms with Gasteiger partial charge in [0.15, 0.2) is 22.7 Å². The number of likely N-dealkylation sites (N-methyl/N-ethyl adjacent to an activating group) is 1. The Hall–Kier alpha value is -7.30. The maximum Gasteiger partial charge on any atom is 0.421 e. The van der Waals surface area contributed by atoms with Crippen molar-refractivity contribution in [2.45, 2.75) is 77.1 Å². The minimum absolute atomic E-state index is 0.0163. The molecule has 5 amide bonds. The maximum absolute atomic E-state index is 14.6. The number of carbonyl (C=O) groups is 5. The highest BCUT2D eigenvalue weighted by Gasteiger charge is 2.51. The van der Waals surface area contributed by atoms with Gasteiger partial charge in [-0.3, -0.25) is 33.6 Å². The van der Waals surface area contributed by atoms with E-state index < -0.39 is 57.4 Å². The topological polar surface area (TPSA) is 264 Å². The molecule has 0 fully saturated rings. The van der Waals surface area contributed by atoms with Crippen LogP contribution < -0.4 is 46.0 Å². The van der Waals surface area contributed by atoms with Gasteiger partial charge in [0.05, 0.1) is 36.6 Å². The Morgan fingerprint density at radius 3 is 2.30 bits per heavy atom. The number of imidazole rings is 1. The molecular formula is C44H52N10O11S. The minimum atomic E-state index is -5.23. The van der Waals surface area contributed by atoms with Crippen molar-refractivity contribution in [1.29, 1.82) is 0 Å². The summed E-state index contributed by atoms with van der Waals surface area (Å²) in [4.78, 5) is 84.2. The number of allylic oxidation sites excluding steroid dienone is 1. The normalized spacial score (nSPS) is 16.9. The summed E-state index contributed by atoms with van der Waals surface area (Å²) in [6.45, 7) is 8.60. The van der Waals surface area contributed by atoms with Crippen LogP contribution in [0.2, 0.25) is 0 Å². The number of aromatic nitrogens is 2. The lowest BCUT2D eigenvalue weighted by atomic mass is 9.93. The van der Waals surface area contributed by atoms with Gasteiger partial charge in [-0.05, 0) is 95.6 Å². The van der Waals surface area contributed by atoms with Crippen LogP contribution in [0.4, 0.5) is 22.0 Å². The van der Waals surface area contributed by atoms with Crippen LogP contribution in [0.15, 0.2) is 84.0 Å². The molecule has 21 nitrogen and oxygen atoms in total. The van der Waals surface area contributed by atoms with Crippen LogP contribution in [0.25, 0.3) is 0 Å². The van der Waals surface area contributed by atoms with E-state index in [-0.39, 0.29) is 70.7 Å². The van der Waals surface area contributed by atoms with Crippen molar-refractivity contribution in [3.63, 3.8) is 0 Å². The zero-order valence-corrected chi connectivity index (χ0v) is 38.3. The number of rotatable bonds is 14. The van der Waals surface area contributed by atoms with Crippen LogP contribution >= 0.6 is 0 Å². The fraction of sp³-hybridized carbons (Fsp3) is 0.341. The van der Waals surface area contributed by atoms with Crippen molar-refractivity contribution in [1.82, 2.24) is 30.4 Å². The Bertz CT molecular complexity index is 2680. The molecular weight excluding hydrogens is 877 g/mol. The smallest absolute Gasteiger partial charge is 0.421 e. The second kappa shape index (κ2) is 20.3. The molecule has 3 aromatic carbocycles. The monoisotopic (exact) mass is 928 g/mol. The van der Waals surface area contributed by atoms with Gasteiger partial charge in [0.25, 0.3) is 21.9 Å². The van der Waals surface area contributed by atoms with E-state index in [9.17, 15) is 36.9 Å². The molecule has 4 atom stereocenters. The lowest BCUT2D eigenvalue weighted by Crippen LogP contribution is -2.59. The third-order valence-corrected chi connectivity index (χ3v) is 11.8. The van der Waals surface area contributed by atoms with Gasteiger partial charge in [-0.15, -0.1) is 0 Å². The van der Waals surface area contributed by atoms with E-state index in [0.717, 1.165) is 5.56 Å². The van der Waals surface area contributed by atoms with E-state index in [0.29, 0.717) is 16.3 Å². The fourth-order valence-corrected chi connectivity index (χ4v) is 8.39. The summed E-state index contributed by atoms with van der Waals surface area (Å²) in [6, 6.07) is 12.2. The number of fused-ring (bicyclic) bond motifs is 3. The third-order valence-electron chi connectivity index (χ3n) is 10.6. The summed E-state index contributed by atoms with van der Waals surface area (Å²) >= 11 is 0. The third kappa shape index (κ3) is 10.8. The molecule has 0 saturated heterocycles. The Morgan fingerprint density at radius 1 is 0.970 bits per heavy atom. The van der Waals surface area contributed by atoms with Crippen molar-refractivity contribution < 1.29 is 51.3 Å². The predicted molar refractivity (Wildman–Crippen MR) is 244 cm³/mol. The summed E-state index contributed by atoms with van der Waals surface area (Å²) in [5.74, 6) is -2.10. The molecule has 350 valence electrons. The number of nitrogens with zero attached hydrogens (tertiary/aromatic N) is 5. The Morgan fingerprint density at radius 2 is 1.67 bits per heavy atom. The van der Waals surface area contributed by atoms with Crippen molar-refractivity contribution in [2.75, 3.05) is 29.9 Å². The quantitative estimate of drug-likeness (QED) is 0.0455. The van der Waals surface area contributed by atoms with Crippen LogP contribution in [-0.4, -0.2) is 107 Å². The van der Waals surface area contributed by atoms with Gasteiger partial charge < -0.3 is 45.0 Å². The number of benzene rings is 3. The molecule has 2 aliphatic rings. The van der Waals surface area contributed by atoms with Crippen LogP contribution in [0.1, 0.15) is 66.7 Å². The van der Waals surface area contributed by atoms with E-state index in [1.54, 1.807) is 64.4 Å². The van der Waals surface area contributed by atoms with Crippen molar-refractivity contribution >= 4 is 62.9 Å². The maximum atomic E-state index is 14.6. The molecule has 1 aromatic heterocycles. The number of amides is 5. The second-order valence-corrected chi connectivity index (χ2v) is 17.2. The molecule has 4 aromatic rings. The van der Waals surface area contributed by atoms with Crippen LogP contribution in [0, 0.1) is 0 Å². The summed E-state index contributed by atoms with van der Waals surface area (Å²) in [5.41, 5.74) is 3.84. The first-order valence-corrected chi connectivity index (χ1v) is 22.3. The molecule has 3 heterocycles. The molecule has 6 rings (SSSR count). The minimum Gasteiger partial charge on any atom is -0.493 e. The highest BCUT2D eigenvalue weighted by atomic mass is 32.2. The number of anilines is 3. The zero-order valence-electron chi connectivity index (χ0n) is 37.5. The molecule has 0 aliphatic carbocycles. The van der Waals surface area contributed by atoms with E-state index in [4.69, 9.17) is 14.3 Å². The molecule has 0 saturated carbocycles. The lowest BCUT2D eigenvalue weighted by molar-refractivity contribution is -0.127. The van der Waals surface area contributed by atoms with E-state index >= 15 is 0 Å². The largest absolute Gasteiger partial charge is 0.493 e. The molecule has 1 unspecified atom stereocenters. The number of ether oxygens (including phenoxy) is 2. The number of hydrogen-bond acceptors (Lipinski definition) is 14. The highest BCUT2D eigenvalue weighted by molar-refractivity contribution is 7.86. The van der Waals surface area contributed by atoms with E-state index in [2.05, 4.69) is 36.7 Å². The van der Waals surface area contributed by atoms with Crippen LogP contribution in [0.5, 0.6) is 17.2 Å². The van der Waals surface area contributed by atoms with Gasteiger partial charge in [-0.1, -0.05) is 30.3 Å². The zero-order chi connectivity index (χ0) is 48.0. The summed E-state index contributed by atoms with van der Waals surface area (Å²) in [6.07, 6.45) is 3.46. The first-order chi connectivity index (χ1) is 31.3. The second-order valence-electron chi connectivity index (χ2n) is 15.7. The number of nitrogens with one attached hydrogen (secondary N) is 5. The first-order valence-electron chi connectivity index (χ1n) is 20.8. The summed E-state index contributed by atoms with van der Waals surface area (Å²) < 4.78 is 51.1. The molecule has 0 bridgehead atoms. The molecule has 0 radical (unpaired) electrons. The molecule has 22 heteroatoms. The summed E-state index contributed by atoms with van der Waals surface area (Å²) in [5, 5.41) is 8.67. The van der Waals surface area contributed by atoms with Gasteiger partial charge in [-0.25, -0.2) is 15.3 Å². The summed E-state index contributed by atoms with van der Waals surface area (Å²) in [7, 11) is -0.733. The number of aryl methyl sites for hydroxylation is 1. The molecule has 6 N–H and O–H groups in total. The van der Waals surface area contributed by atoms with Gasteiger partial charge in [0, 0.05) is 31.4 Å². The van der Waals surface area contributed by atoms with Gasteiger partial charge >= 0.3 is 6.09 Å².